The number of methoxy groups -OCH3 is 2. The molecule has 0 bridgehead atoms. The number of nitrogen functional groups attached to an aromatic ring is 1. The van der Waals surface area contributed by atoms with Crippen LogP contribution in [0, 0.1) is 5.92 Å². The molecule has 0 unspecified atom stereocenters. The maximum atomic E-state index is 6.08. The molecule has 19 heavy (non-hydrogen) atoms. The topological polar surface area (TPSA) is 47.7 Å². The molecule has 1 aromatic rings. The molecule has 2 rings (SSSR count). The molecule has 1 aliphatic heterocycles. The third-order valence-electron chi connectivity index (χ3n) is 3.72. The van der Waals surface area contributed by atoms with Crippen LogP contribution in [0.5, 0.6) is 0 Å². The van der Waals surface area contributed by atoms with Crippen LogP contribution < -0.4 is 10.6 Å². The van der Waals surface area contributed by atoms with Crippen molar-refractivity contribution in [2.45, 2.75) is 19.1 Å². The molecule has 0 spiro atoms. The fraction of sp³-hybridized carbons (Fsp3) is 0.571. The normalized spacial score (nSPS) is 17.2. The molecule has 1 aromatic carbocycles. The first-order valence-corrected chi connectivity index (χ1v) is 7.30. The van der Waals surface area contributed by atoms with Crippen molar-refractivity contribution in [2.24, 2.45) is 5.92 Å². The number of halogens is 1. The molecule has 1 aliphatic rings. The summed E-state index contributed by atoms with van der Waals surface area (Å²) in [7, 11) is 3.40. The zero-order valence-corrected chi connectivity index (χ0v) is 13.0. The molecule has 2 N–H and O–H groups in total. The lowest BCUT2D eigenvalue weighted by Crippen LogP contribution is -2.39. The van der Waals surface area contributed by atoms with E-state index in [0.29, 0.717) is 5.92 Å². The standard InChI is InChI=1S/C14H21BrN2O2/c1-18-14(19-2)10-5-7-17(8-6-10)13-4-3-11(15)9-12(13)16/h3-4,9-10,14H,5-8,16H2,1-2H3. The Hall–Kier alpha value is -0.780. The van der Waals surface area contributed by atoms with Gasteiger partial charge in [0.15, 0.2) is 6.29 Å². The van der Waals surface area contributed by atoms with Gasteiger partial charge in [-0.15, -0.1) is 0 Å². The Bertz CT molecular complexity index is 416. The van der Waals surface area contributed by atoms with Crippen LogP contribution in [0.1, 0.15) is 12.8 Å². The lowest BCUT2D eigenvalue weighted by Gasteiger charge is -2.36. The molecule has 1 heterocycles. The highest BCUT2D eigenvalue weighted by Crippen LogP contribution is 2.31. The van der Waals surface area contributed by atoms with Crippen LogP contribution in [-0.4, -0.2) is 33.6 Å². The summed E-state index contributed by atoms with van der Waals surface area (Å²) in [6, 6.07) is 6.06. The summed E-state index contributed by atoms with van der Waals surface area (Å²) in [5, 5.41) is 0. The van der Waals surface area contributed by atoms with Crippen LogP contribution >= 0.6 is 15.9 Å². The van der Waals surface area contributed by atoms with Gasteiger partial charge >= 0.3 is 0 Å². The van der Waals surface area contributed by atoms with Crippen molar-refractivity contribution in [3.8, 4) is 0 Å². The van der Waals surface area contributed by atoms with Crippen LogP contribution in [0.15, 0.2) is 22.7 Å². The predicted octanol–water partition coefficient (Wildman–Crippen LogP) is 2.87. The fourth-order valence-corrected chi connectivity index (χ4v) is 3.09. The molecule has 0 aromatic heterocycles. The number of ether oxygens (including phenoxy) is 2. The smallest absolute Gasteiger partial charge is 0.159 e. The van der Waals surface area contributed by atoms with E-state index in [0.717, 1.165) is 41.8 Å². The Labute approximate surface area is 123 Å². The van der Waals surface area contributed by atoms with Crippen molar-refractivity contribution in [1.29, 1.82) is 0 Å². The van der Waals surface area contributed by atoms with Crippen molar-refractivity contribution in [3.63, 3.8) is 0 Å². The minimum Gasteiger partial charge on any atom is -0.397 e. The first-order valence-electron chi connectivity index (χ1n) is 6.51. The number of anilines is 2. The molecule has 106 valence electrons. The third kappa shape index (κ3) is 3.41. The predicted molar refractivity (Wildman–Crippen MR) is 81.3 cm³/mol. The summed E-state index contributed by atoms with van der Waals surface area (Å²) in [5.41, 5.74) is 8.02. The summed E-state index contributed by atoms with van der Waals surface area (Å²) in [6.45, 7) is 1.97. The van der Waals surface area contributed by atoms with Gasteiger partial charge in [-0.1, -0.05) is 15.9 Å². The van der Waals surface area contributed by atoms with Gasteiger partial charge in [0, 0.05) is 37.7 Å². The lowest BCUT2D eigenvalue weighted by atomic mass is 9.95. The van der Waals surface area contributed by atoms with Crippen molar-refractivity contribution in [2.75, 3.05) is 37.9 Å². The van der Waals surface area contributed by atoms with Gasteiger partial charge < -0.3 is 20.1 Å². The number of benzene rings is 1. The van der Waals surface area contributed by atoms with Crippen LogP contribution in [0.3, 0.4) is 0 Å². The van der Waals surface area contributed by atoms with Gasteiger partial charge in [-0.25, -0.2) is 0 Å². The van der Waals surface area contributed by atoms with Crippen LogP contribution in [-0.2, 0) is 9.47 Å². The number of hydrogen-bond donors (Lipinski definition) is 1. The number of nitrogens with zero attached hydrogens (tertiary/aromatic N) is 1. The van der Waals surface area contributed by atoms with Crippen LogP contribution in [0.2, 0.25) is 0 Å². The molecule has 5 heteroatoms. The number of rotatable bonds is 4. The van der Waals surface area contributed by atoms with E-state index in [1.165, 1.54) is 0 Å². The maximum absolute atomic E-state index is 6.08. The molecule has 1 saturated heterocycles. The third-order valence-corrected chi connectivity index (χ3v) is 4.21. The summed E-state index contributed by atoms with van der Waals surface area (Å²) < 4.78 is 11.7. The van der Waals surface area contributed by atoms with E-state index >= 15 is 0 Å². The Morgan fingerprint density at radius 2 is 1.89 bits per heavy atom. The van der Waals surface area contributed by atoms with E-state index in [1.54, 1.807) is 14.2 Å². The van der Waals surface area contributed by atoms with Crippen LogP contribution in [0.25, 0.3) is 0 Å². The average molecular weight is 329 g/mol. The summed E-state index contributed by atoms with van der Waals surface area (Å²) in [6.07, 6.45) is 2.02. The first kappa shape index (κ1) is 14.6. The van der Waals surface area contributed by atoms with Gasteiger partial charge in [-0.2, -0.15) is 0 Å². The highest BCUT2D eigenvalue weighted by atomic mass is 79.9. The van der Waals surface area contributed by atoms with Gasteiger partial charge in [0.05, 0.1) is 11.4 Å². The van der Waals surface area contributed by atoms with Gasteiger partial charge in [0.2, 0.25) is 0 Å². The van der Waals surface area contributed by atoms with E-state index in [-0.39, 0.29) is 6.29 Å². The minimum absolute atomic E-state index is 0.0931. The molecule has 0 radical (unpaired) electrons. The molecule has 0 aliphatic carbocycles. The Kier molecular flexibility index (Phi) is 5.07. The number of hydrogen-bond acceptors (Lipinski definition) is 4. The van der Waals surface area contributed by atoms with E-state index in [9.17, 15) is 0 Å². The zero-order valence-electron chi connectivity index (χ0n) is 11.4. The fourth-order valence-electron chi connectivity index (χ4n) is 2.71. The second kappa shape index (κ2) is 6.59. The monoisotopic (exact) mass is 328 g/mol. The molecule has 4 nitrogen and oxygen atoms in total. The second-order valence-corrected chi connectivity index (χ2v) is 5.78. The largest absolute Gasteiger partial charge is 0.397 e. The highest BCUT2D eigenvalue weighted by molar-refractivity contribution is 9.10. The maximum Gasteiger partial charge on any atom is 0.159 e. The highest BCUT2D eigenvalue weighted by Gasteiger charge is 2.27. The van der Waals surface area contributed by atoms with Crippen molar-refractivity contribution < 1.29 is 9.47 Å². The first-order chi connectivity index (χ1) is 9.15. The Balaban J connectivity index is 1.99. The van der Waals surface area contributed by atoms with Crippen molar-refractivity contribution >= 4 is 27.3 Å². The quantitative estimate of drug-likeness (QED) is 0.682. The van der Waals surface area contributed by atoms with Crippen molar-refractivity contribution in [3.05, 3.63) is 22.7 Å². The Morgan fingerprint density at radius 3 is 2.42 bits per heavy atom. The van der Waals surface area contributed by atoms with Gasteiger partial charge in [-0.05, 0) is 31.0 Å². The molecule has 0 atom stereocenters. The summed E-state index contributed by atoms with van der Waals surface area (Å²) in [4.78, 5) is 2.33. The lowest BCUT2D eigenvalue weighted by molar-refractivity contribution is -0.141. The average Bonchev–Trinajstić information content (AvgIpc) is 2.41. The zero-order chi connectivity index (χ0) is 13.8. The van der Waals surface area contributed by atoms with Gasteiger partial charge in [-0.3, -0.25) is 0 Å². The van der Waals surface area contributed by atoms with E-state index in [4.69, 9.17) is 15.2 Å². The molecule has 1 fully saturated rings. The number of nitrogens with two attached hydrogens (primary N) is 1. The van der Waals surface area contributed by atoms with E-state index in [1.807, 2.05) is 12.1 Å². The van der Waals surface area contributed by atoms with Gasteiger partial charge in [0.1, 0.15) is 0 Å². The molecular weight excluding hydrogens is 308 g/mol. The molecule has 0 amide bonds. The summed E-state index contributed by atoms with van der Waals surface area (Å²) >= 11 is 3.44. The minimum atomic E-state index is -0.0931. The second-order valence-electron chi connectivity index (χ2n) is 4.87. The summed E-state index contributed by atoms with van der Waals surface area (Å²) in [5.74, 6) is 0.461. The van der Waals surface area contributed by atoms with Crippen LogP contribution in [0.4, 0.5) is 11.4 Å². The van der Waals surface area contributed by atoms with E-state index in [2.05, 4.69) is 26.9 Å². The van der Waals surface area contributed by atoms with E-state index < -0.39 is 0 Å². The SMILES string of the molecule is COC(OC)C1CCN(c2ccc(Br)cc2N)CC1. The molecular formula is C14H21BrN2O2. The molecule has 0 saturated carbocycles. The number of piperidine rings is 1. The van der Waals surface area contributed by atoms with Gasteiger partial charge in [0.25, 0.3) is 0 Å². The van der Waals surface area contributed by atoms with Crippen molar-refractivity contribution in [1.82, 2.24) is 0 Å². The Morgan fingerprint density at radius 1 is 1.26 bits per heavy atom.